The van der Waals surface area contributed by atoms with Gasteiger partial charge in [-0.15, -0.1) is 0 Å². The minimum atomic E-state index is -3.75. The van der Waals surface area contributed by atoms with Gasteiger partial charge in [-0.2, -0.15) is 0 Å². The van der Waals surface area contributed by atoms with Crippen LogP contribution in [0, 0.1) is 0 Å². The smallest absolute Gasteiger partial charge is 0.323 e. The monoisotopic (exact) mass is 387 g/mol. The van der Waals surface area contributed by atoms with Crippen LogP contribution in [0.4, 0.5) is 0 Å². The fourth-order valence-electron chi connectivity index (χ4n) is 3.19. The normalized spacial score (nSPS) is 17.3. The number of carbonyl (C=O) groups is 1. The van der Waals surface area contributed by atoms with Gasteiger partial charge in [-0.1, -0.05) is 43.0 Å². The van der Waals surface area contributed by atoms with E-state index < -0.39 is 21.2 Å². The van der Waals surface area contributed by atoms with Gasteiger partial charge in [0, 0.05) is 18.1 Å². The average Bonchev–Trinajstić information content (AvgIpc) is 2.59. The number of hydrogen-bond donors (Lipinski definition) is 1. The fraction of sp³-hybridized carbons (Fsp3) is 0.611. The first kappa shape index (κ1) is 20.2. The summed E-state index contributed by atoms with van der Waals surface area (Å²) < 4.78 is 26.5. The Balaban J connectivity index is 1.81. The molecule has 0 bridgehead atoms. The number of rotatable bonds is 9. The number of aliphatic carboxylic acids is 1. The summed E-state index contributed by atoms with van der Waals surface area (Å²) in [4.78, 5) is 11.5. The molecule has 0 radical (unpaired) electrons. The number of nitrogens with zero attached hydrogens (tertiary/aromatic N) is 1. The highest BCUT2D eigenvalue weighted by Gasteiger charge is 2.37. The molecule has 1 N–H and O–H groups in total. The number of benzene rings is 1. The molecular weight excluding hydrogens is 362 g/mol. The summed E-state index contributed by atoms with van der Waals surface area (Å²) in [6.07, 6.45) is 5.99. The number of halogens is 1. The molecule has 7 heteroatoms. The van der Waals surface area contributed by atoms with Gasteiger partial charge < -0.3 is 5.11 Å². The predicted octanol–water partition coefficient (Wildman–Crippen LogP) is 3.71. The van der Waals surface area contributed by atoms with E-state index in [9.17, 15) is 18.3 Å². The van der Waals surface area contributed by atoms with E-state index in [0.717, 1.165) is 38.5 Å². The highest BCUT2D eigenvalue weighted by Crippen LogP contribution is 2.21. The van der Waals surface area contributed by atoms with Gasteiger partial charge in [0.25, 0.3) is 0 Å². The number of carboxylic acids is 1. The minimum absolute atomic E-state index is 0.175. The van der Waals surface area contributed by atoms with Crippen LogP contribution in [0.2, 0.25) is 5.02 Å². The maximum Gasteiger partial charge on any atom is 0.323 e. The Morgan fingerprint density at radius 1 is 1.08 bits per heavy atom. The lowest BCUT2D eigenvalue weighted by molar-refractivity contribution is -0.136. The van der Waals surface area contributed by atoms with Gasteiger partial charge in [0.05, 0.1) is 0 Å². The second-order valence-electron chi connectivity index (χ2n) is 6.56. The summed E-state index contributed by atoms with van der Waals surface area (Å²) >= 11 is 5.85. The van der Waals surface area contributed by atoms with Gasteiger partial charge in [0.15, 0.2) is 5.25 Å². The molecule has 1 fully saturated rings. The van der Waals surface area contributed by atoms with Crippen LogP contribution in [-0.2, 0) is 21.2 Å². The highest BCUT2D eigenvalue weighted by atomic mass is 35.5. The molecule has 1 atom stereocenters. The van der Waals surface area contributed by atoms with Crippen molar-refractivity contribution in [1.82, 2.24) is 4.31 Å². The van der Waals surface area contributed by atoms with E-state index in [1.807, 2.05) is 24.3 Å². The van der Waals surface area contributed by atoms with Crippen molar-refractivity contribution in [3.05, 3.63) is 34.9 Å². The molecule has 0 amide bonds. The topological polar surface area (TPSA) is 74.7 Å². The van der Waals surface area contributed by atoms with Crippen LogP contribution in [0.25, 0.3) is 0 Å². The lowest BCUT2D eigenvalue weighted by Crippen LogP contribution is -2.44. The third-order valence-electron chi connectivity index (χ3n) is 4.65. The molecule has 0 aromatic heterocycles. The predicted molar refractivity (Wildman–Crippen MR) is 99.4 cm³/mol. The molecule has 1 heterocycles. The van der Waals surface area contributed by atoms with Crippen LogP contribution in [0.3, 0.4) is 0 Å². The number of sulfonamides is 1. The zero-order valence-electron chi connectivity index (χ0n) is 14.4. The van der Waals surface area contributed by atoms with Gasteiger partial charge in [-0.05, 0) is 49.8 Å². The van der Waals surface area contributed by atoms with Crippen LogP contribution in [0.5, 0.6) is 0 Å². The van der Waals surface area contributed by atoms with Crippen molar-refractivity contribution in [3.8, 4) is 0 Å². The van der Waals surface area contributed by atoms with Crippen molar-refractivity contribution in [2.24, 2.45) is 0 Å². The lowest BCUT2D eigenvalue weighted by Gasteiger charge is -2.28. The van der Waals surface area contributed by atoms with Crippen molar-refractivity contribution in [3.63, 3.8) is 0 Å². The Labute approximate surface area is 155 Å². The van der Waals surface area contributed by atoms with Crippen molar-refractivity contribution in [1.29, 1.82) is 0 Å². The van der Waals surface area contributed by atoms with Gasteiger partial charge >= 0.3 is 5.97 Å². The Bertz CT molecular complexity index is 654. The summed E-state index contributed by atoms with van der Waals surface area (Å²) in [5.41, 5.74) is 1.18. The van der Waals surface area contributed by atoms with Crippen LogP contribution in [0.15, 0.2) is 24.3 Å². The van der Waals surface area contributed by atoms with E-state index in [4.69, 9.17) is 11.6 Å². The van der Waals surface area contributed by atoms with Gasteiger partial charge in [0.1, 0.15) is 0 Å². The van der Waals surface area contributed by atoms with E-state index in [-0.39, 0.29) is 6.42 Å². The van der Waals surface area contributed by atoms with E-state index in [0.29, 0.717) is 24.5 Å². The molecule has 2 rings (SSSR count). The molecule has 0 spiro atoms. The molecule has 140 valence electrons. The SMILES string of the molecule is O=C(O)C(CCCCCc1ccc(Cl)cc1)S(=O)(=O)N1CCCCC1. The molecule has 1 saturated heterocycles. The molecule has 1 aliphatic rings. The summed E-state index contributed by atoms with van der Waals surface area (Å²) in [7, 11) is -3.75. The molecule has 25 heavy (non-hydrogen) atoms. The van der Waals surface area contributed by atoms with Crippen molar-refractivity contribution in [2.45, 2.75) is 56.6 Å². The number of piperidine rings is 1. The maximum atomic E-state index is 12.6. The molecule has 1 unspecified atom stereocenters. The molecule has 0 saturated carbocycles. The van der Waals surface area contributed by atoms with Crippen LogP contribution in [-0.4, -0.2) is 42.1 Å². The molecule has 1 aromatic carbocycles. The fourth-order valence-corrected chi connectivity index (χ4v) is 5.16. The molecule has 1 aromatic rings. The van der Waals surface area contributed by atoms with E-state index >= 15 is 0 Å². The summed E-state index contributed by atoms with van der Waals surface area (Å²) in [6.45, 7) is 0.894. The van der Waals surface area contributed by atoms with E-state index in [1.165, 1.54) is 9.87 Å². The van der Waals surface area contributed by atoms with Crippen molar-refractivity contribution in [2.75, 3.05) is 13.1 Å². The van der Waals surface area contributed by atoms with Crippen LogP contribution < -0.4 is 0 Å². The first-order valence-electron chi connectivity index (χ1n) is 8.87. The van der Waals surface area contributed by atoms with Crippen molar-refractivity contribution >= 4 is 27.6 Å². The largest absolute Gasteiger partial charge is 0.480 e. The average molecular weight is 388 g/mol. The molecule has 0 aliphatic carbocycles. The van der Waals surface area contributed by atoms with Crippen LogP contribution >= 0.6 is 11.6 Å². The second-order valence-corrected chi connectivity index (χ2v) is 9.11. The van der Waals surface area contributed by atoms with Gasteiger partial charge in [0.2, 0.25) is 10.0 Å². The van der Waals surface area contributed by atoms with Gasteiger partial charge in [-0.25, -0.2) is 12.7 Å². The number of aryl methyl sites for hydroxylation is 1. The number of hydrogen-bond acceptors (Lipinski definition) is 3. The van der Waals surface area contributed by atoms with Crippen LogP contribution in [0.1, 0.15) is 50.5 Å². The zero-order chi connectivity index (χ0) is 18.3. The third-order valence-corrected chi connectivity index (χ3v) is 7.15. The second kappa shape index (κ2) is 9.55. The van der Waals surface area contributed by atoms with E-state index in [1.54, 1.807) is 0 Å². The first-order valence-corrected chi connectivity index (χ1v) is 10.8. The standard InChI is InChI=1S/C18H26ClNO4S/c19-16-11-9-15(10-12-16)7-3-1-4-8-17(18(21)22)25(23,24)20-13-5-2-6-14-20/h9-12,17H,1-8,13-14H2,(H,21,22). The number of unbranched alkanes of at least 4 members (excludes halogenated alkanes) is 2. The summed E-state index contributed by atoms with van der Waals surface area (Å²) in [6, 6.07) is 7.65. The Morgan fingerprint density at radius 2 is 1.72 bits per heavy atom. The lowest BCUT2D eigenvalue weighted by atomic mass is 10.1. The maximum absolute atomic E-state index is 12.6. The molecule has 5 nitrogen and oxygen atoms in total. The van der Waals surface area contributed by atoms with Gasteiger partial charge in [-0.3, -0.25) is 4.79 Å². The van der Waals surface area contributed by atoms with Crippen molar-refractivity contribution < 1.29 is 18.3 Å². The Hall–Kier alpha value is -1.11. The molecule has 1 aliphatic heterocycles. The third kappa shape index (κ3) is 5.97. The highest BCUT2D eigenvalue weighted by molar-refractivity contribution is 7.90. The quantitative estimate of drug-likeness (QED) is 0.655. The summed E-state index contributed by atoms with van der Waals surface area (Å²) in [5.74, 6) is -1.23. The number of carboxylic acid groups (broad SMARTS) is 1. The molecular formula is C18H26ClNO4S. The minimum Gasteiger partial charge on any atom is -0.480 e. The van der Waals surface area contributed by atoms with E-state index in [2.05, 4.69) is 0 Å². The summed E-state index contributed by atoms with van der Waals surface area (Å²) in [5, 5.41) is 8.77. The Kier molecular flexibility index (Phi) is 7.72. The first-order chi connectivity index (χ1) is 11.9. The zero-order valence-corrected chi connectivity index (χ0v) is 15.9. The Morgan fingerprint density at radius 3 is 2.32 bits per heavy atom.